The van der Waals surface area contributed by atoms with Crippen LogP contribution in [0.4, 0.5) is 0 Å². The fourth-order valence-corrected chi connectivity index (χ4v) is 9.64. The number of aromatic nitrogens is 4. The molecule has 0 spiro atoms. The van der Waals surface area contributed by atoms with E-state index >= 15 is 0 Å². The highest BCUT2D eigenvalue weighted by atomic mass is 15.1. The molecule has 0 aliphatic heterocycles. The van der Waals surface area contributed by atoms with Crippen LogP contribution in [0.15, 0.2) is 170 Å². The molecule has 0 atom stereocenters. The van der Waals surface area contributed by atoms with Crippen molar-refractivity contribution in [2.45, 2.75) is 0 Å². The zero-order valence-electron chi connectivity index (χ0n) is 29.0. The van der Waals surface area contributed by atoms with Crippen LogP contribution >= 0.6 is 0 Å². The van der Waals surface area contributed by atoms with Crippen LogP contribution in [-0.2, 0) is 0 Å². The summed E-state index contributed by atoms with van der Waals surface area (Å²) in [6.45, 7) is 0. The van der Waals surface area contributed by atoms with Gasteiger partial charge in [0.25, 0.3) is 0 Å². The third kappa shape index (κ3) is 3.48. The highest BCUT2D eigenvalue weighted by molar-refractivity contribution is 6.37. The lowest BCUT2D eigenvalue weighted by Crippen LogP contribution is -2.04. The largest absolute Gasteiger partial charge is 0.307 e. The molecule has 0 amide bonds. The highest BCUT2D eigenvalue weighted by Gasteiger charge is 2.26. The van der Waals surface area contributed by atoms with E-state index in [1.165, 1.54) is 70.4 Å². The standard InChI is InChI=1S/C50H28N4/c1-2-14-30(15-3-1)46-50(52-47-31-16-5-4-13-29(31)27-28-39(47)51-46)53-40-24-11-21-35-37-22-10-23-38-43-34-19-8-6-17-32(34)33-18-7-9-20-36(33)49(43)54(48(37)38)42-26-12-25-41(53)45(42)44(35)40/h1-28H. The summed E-state index contributed by atoms with van der Waals surface area (Å²) < 4.78 is 4.94. The lowest BCUT2D eigenvalue weighted by atomic mass is 9.96. The average molecular weight is 685 g/mol. The summed E-state index contributed by atoms with van der Waals surface area (Å²) in [6.07, 6.45) is 0. The molecule has 0 radical (unpaired) electrons. The molecule has 0 aliphatic rings. The van der Waals surface area contributed by atoms with Gasteiger partial charge in [0.2, 0.25) is 0 Å². The van der Waals surface area contributed by atoms with Crippen molar-refractivity contribution in [1.82, 2.24) is 18.9 Å². The number of hydrogen-bond acceptors (Lipinski definition) is 2. The van der Waals surface area contributed by atoms with Gasteiger partial charge in [-0.2, -0.15) is 0 Å². The lowest BCUT2D eigenvalue weighted by molar-refractivity contribution is 1.08. The Bertz CT molecular complexity index is 3720. The number of hydrogen-bond donors (Lipinski definition) is 0. The van der Waals surface area contributed by atoms with Crippen molar-refractivity contribution in [3.05, 3.63) is 170 Å². The van der Waals surface area contributed by atoms with Crippen LogP contribution in [0.1, 0.15) is 0 Å². The van der Waals surface area contributed by atoms with Crippen molar-refractivity contribution in [2.24, 2.45) is 0 Å². The molecule has 0 saturated carbocycles. The van der Waals surface area contributed by atoms with Gasteiger partial charge in [-0.05, 0) is 51.2 Å². The molecule has 0 fully saturated rings. The molecule has 248 valence electrons. The Labute approximate surface area is 308 Å². The molecular weight excluding hydrogens is 657 g/mol. The van der Waals surface area contributed by atoms with E-state index in [9.17, 15) is 0 Å². The number of benzene rings is 9. The van der Waals surface area contributed by atoms with Gasteiger partial charge in [-0.25, -0.2) is 9.97 Å². The maximum absolute atomic E-state index is 5.62. The summed E-state index contributed by atoms with van der Waals surface area (Å²) in [5.74, 6) is 0.826. The molecule has 4 heterocycles. The fourth-order valence-electron chi connectivity index (χ4n) is 9.64. The van der Waals surface area contributed by atoms with Crippen LogP contribution in [0.3, 0.4) is 0 Å². The third-order valence-corrected chi connectivity index (χ3v) is 11.8. The molecule has 4 nitrogen and oxygen atoms in total. The summed E-state index contributed by atoms with van der Waals surface area (Å²) in [5.41, 5.74) is 9.57. The van der Waals surface area contributed by atoms with E-state index in [1.807, 2.05) is 0 Å². The monoisotopic (exact) mass is 684 g/mol. The Morgan fingerprint density at radius 3 is 1.78 bits per heavy atom. The van der Waals surface area contributed by atoms with Crippen LogP contribution in [0.5, 0.6) is 0 Å². The van der Waals surface area contributed by atoms with Crippen LogP contribution < -0.4 is 0 Å². The van der Waals surface area contributed by atoms with Gasteiger partial charge >= 0.3 is 0 Å². The minimum absolute atomic E-state index is 0.826. The minimum atomic E-state index is 0.826. The molecule has 0 N–H and O–H groups in total. The van der Waals surface area contributed by atoms with E-state index in [-0.39, 0.29) is 0 Å². The average Bonchev–Trinajstić information content (AvgIpc) is 3.73. The fraction of sp³-hybridized carbons (Fsp3) is 0. The van der Waals surface area contributed by atoms with Crippen LogP contribution in [0.25, 0.3) is 120 Å². The third-order valence-electron chi connectivity index (χ3n) is 11.8. The minimum Gasteiger partial charge on any atom is -0.307 e. The van der Waals surface area contributed by atoms with Gasteiger partial charge in [-0.15, -0.1) is 0 Å². The van der Waals surface area contributed by atoms with Gasteiger partial charge in [0.1, 0.15) is 5.69 Å². The van der Waals surface area contributed by atoms with E-state index in [0.29, 0.717) is 0 Å². The molecule has 0 saturated heterocycles. The van der Waals surface area contributed by atoms with Gasteiger partial charge in [0.05, 0.1) is 38.6 Å². The SMILES string of the molecule is c1ccc(-c2nc3ccc4ccccc4c3nc2-n2c3cccc4c5cccc6c7c8ccccc8c8ccccc8c7n(c7cccc2c7c43)c56)cc1. The van der Waals surface area contributed by atoms with Crippen molar-refractivity contribution in [3.8, 4) is 17.1 Å². The number of para-hydroxylation sites is 1. The predicted octanol–water partition coefficient (Wildman–Crippen LogP) is 13.0. The summed E-state index contributed by atoms with van der Waals surface area (Å²) in [7, 11) is 0. The first-order chi connectivity index (χ1) is 26.8. The van der Waals surface area contributed by atoms with E-state index < -0.39 is 0 Å². The van der Waals surface area contributed by atoms with Crippen molar-refractivity contribution in [1.29, 1.82) is 0 Å². The van der Waals surface area contributed by atoms with Gasteiger partial charge in [0.15, 0.2) is 5.82 Å². The highest BCUT2D eigenvalue weighted by Crippen LogP contribution is 2.47. The lowest BCUT2D eigenvalue weighted by Gasteiger charge is -2.15. The molecule has 4 heteroatoms. The summed E-state index contributed by atoms with van der Waals surface area (Å²) in [5, 5.41) is 14.8. The van der Waals surface area contributed by atoms with Crippen LogP contribution in [0, 0.1) is 0 Å². The maximum Gasteiger partial charge on any atom is 0.165 e. The quantitative estimate of drug-likeness (QED) is 0.170. The summed E-state index contributed by atoms with van der Waals surface area (Å²) in [4.78, 5) is 11.0. The Morgan fingerprint density at radius 1 is 0.352 bits per heavy atom. The van der Waals surface area contributed by atoms with Crippen molar-refractivity contribution in [3.63, 3.8) is 0 Å². The molecule has 9 aromatic carbocycles. The smallest absolute Gasteiger partial charge is 0.165 e. The van der Waals surface area contributed by atoms with Gasteiger partial charge in [0, 0.05) is 43.3 Å². The Kier molecular flexibility index (Phi) is 5.34. The first-order valence-corrected chi connectivity index (χ1v) is 18.5. The second-order valence-electron chi connectivity index (χ2n) is 14.5. The van der Waals surface area contributed by atoms with Gasteiger partial charge in [-0.1, -0.05) is 146 Å². The van der Waals surface area contributed by atoms with Crippen molar-refractivity contribution in [2.75, 3.05) is 0 Å². The maximum atomic E-state index is 5.62. The van der Waals surface area contributed by atoms with E-state index in [0.717, 1.165) is 49.9 Å². The molecule has 13 rings (SSSR count). The molecule has 0 unspecified atom stereocenters. The first kappa shape index (κ1) is 28.3. The van der Waals surface area contributed by atoms with Crippen molar-refractivity contribution < 1.29 is 0 Å². The van der Waals surface area contributed by atoms with Crippen LogP contribution in [0.2, 0.25) is 0 Å². The van der Waals surface area contributed by atoms with E-state index in [1.54, 1.807) is 0 Å². The Balaban J connectivity index is 1.30. The molecule has 4 aromatic heterocycles. The Morgan fingerprint density at radius 2 is 0.926 bits per heavy atom. The predicted molar refractivity (Wildman–Crippen MR) is 226 cm³/mol. The Hall–Kier alpha value is -7.30. The second kappa shape index (κ2) is 10.2. The number of fused-ring (bicyclic) bond motifs is 13. The molecule has 0 aliphatic carbocycles. The van der Waals surface area contributed by atoms with E-state index in [2.05, 4.69) is 179 Å². The first-order valence-electron chi connectivity index (χ1n) is 18.5. The zero-order chi connectivity index (χ0) is 35.1. The van der Waals surface area contributed by atoms with Gasteiger partial charge < -0.3 is 4.40 Å². The molecule has 0 bridgehead atoms. The van der Waals surface area contributed by atoms with Crippen molar-refractivity contribution >= 4 is 103 Å². The molecule has 13 aromatic rings. The normalized spacial score (nSPS) is 12.4. The van der Waals surface area contributed by atoms with Gasteiger partial charge in [-0.3, -0.25) is 4.57 Å². The summed E-state index contributed by atoms with van der Waals surface area (Å²) >= 11 is 0. The van der Waals surface area contributed by atoms with Crippen LogP contribution in [-0.4, -0.2) is 18.9 Å². The summed E-state index contributed by atoms with van der Waals surface area (Å²) in [6, 6.07) is 61.5. The molecule has 54 heavy (non-hydrogen) atoms. The zero-order valence-corrected chi connectivity index (χ0v) is 29.0. The van der Waals surface area contributed by atoms with E-state index in [4.69, 9.17) is 9.97 Å². The molecular formula is C50H28N4. The topological polar surface area (TPSA) is 35.1 Å². The second-order valence-corrected chi connectivity index (χ2v) is 14.5. The number of rotatable bonds is 2. The number of nitrogens with zero attached hydrogens (tertiary/aromatic N) is 4.